The van der Waals surface area contributed by atoms with Gasteiger partial charge in [0.25, 0.3) is 0 Å². The minimum Gasteiger partial charge on any atom is -0.396 e. The fourth-order valence-electron chi connectivity index (χ4n) is 3.86. The van der Waals surface area contributed by atoms with E-state index < -0.39 is 5.79 Å². The molecule has 0 radical (unpaired) electrons. The molecule has 2 fully saturated rings. The minimum absolute atomic E-state index is 0.000874. The summed E-state index contributed by atoms with van der Waals surface area (Å²) in [6.45, 7) is 8.30. The highest BCUT2D eigenvalue weighted by Gasteiger charge is 2.51. The van der Waals surface area contributed by atoms with Crippen LogP contribution < -0.4 is 0 Å². The zero-order valence-corrected chi connectivity index (χ0v) is 18.5. The highest BCUT2D eigenvalue weighted by atomic mass is 32.2. The Bertz CT molecular complexity index is 727. The van der Waals surface area contributed by atoms with Gasteiger partial charge in [-0.2, -0.15) is 0 Å². The zero-order valence-electron chi connectivity index (χ0n) is 17.7. The molecule has 1 aromatic carbocycles. The molecule has 2 heterocycles. The molecule has 2 saturated heterocycles. The second kappa shape index (κ2) is 9.75. The van der Waals surface area contributed by atoms with Gasteiger partial charge < -0.3 is 19.3 Å². The fraction of sp³-hybridized carbons (Fsp3) is 0.609. The average Bonchev–Trinajstić information content (AvgIpc) is 3.02. The van der Waals surface area contributed by atoms with Crippen LogP contribution in [-0.4, -0.2) is 54.0 Å². The summed E-state index contributed by atoms with van der Waals surface area (Å²) < 4.78 is 18.0. The number of fused-ring (bicyclic) bond motifs is 1. The van der Waals surface area contributed by atoms with Gasteiger partial charge in [0.05, 0.1) is 25.4 Å². The molecule has 2 aliphatic rings. The second-order valence-electron chi connectivity index (χ2n) is 8.31. The standard InChI is InChI=1S/C23H32O5S/c1-5-10-29-18-8-6-16(7-9-18)19(25)11-15(2)12-20-22-21(17(13-24)14-26-20)27-23(3,4)28-22/h6-9,11,17,20-22,24H,5,10,12-14H2,1-4H3. The lowest BCUT2D eigenvalue weighted by Crippen LogP contribution is -2.49. The van der Waals surface area contributed by atoms with Crippen molar-refractivity contribution < 1.29 is 24.1 Å². The van der Waals surface area contributed by atoms with Crippen LogP contribution in [0.3, 0.4) is 0 Å². The molecule has 29 heavy (non-hydrogen) atoms. The number of thioether (sulfide) groups is 1. The van der Waals surface area contributed by atoms with Crippen LogP contribution in [0.5, 0.6) is 0 Å². The van der Waals surface area contributed by atoms with Crippen molar-refractivity contribution in [2.75, 3.05) is 19.0 Å². The summed E-state index contributed by atoms with van der Waals surface area (Å²) in [5, 5.41) is 9.62. The third-order valence-electron chi connectivity index (χ3n) is 5.27. The van der Waals surface area contributed by atoms with Crippen LogP contribution in [0.15, 0.2) is 40.8 Å². The highest BCUT2D eigenvalue weighted by molar-refractivity contribution is 7.99. The van der Waals surface area contributed by atoms with Gasteiger partial charge in [0.1, 0.15) is 6.10 Å². The normalized spacial score (nSPS) is 28.9. The largest absolute Gasteiger partial charge is 0.396 e. The first-order chi connectivity index (χ1) is 13.8. The third-order valence-corrected chi connectivity index (χ3v) is 6.48. The van der Waals surface area contributed by atoms with Crippen LogP contribution in [0.4, 0.5) is 0 Å². The van der Waals surface area contributed by atoms with E-state index in [4.69, 9.17) is 14.2 Å². The first kappa shape index (κ1) is 22.5. The van der Waals surface area contributed by atoms with E-state index in [0.717, 1.165) is 17.7 Å². The lowest BCUT2D eigenvalue weighted by atomic mass is 9.90. The van der Waals surface area contributed by atoms with Crippen LogP contribution in [0, 0.1) is 5.92 Å². The van der Waals surface area contributed by atoms with Crippen LogP contribution in [0.2, 0.25) is 0 Å². The van der Waals surface area contributed by atoms with E-state index in [9.17, 15) is 9.90 Å². The molecule has 160 valence electrons. The Balaban J connectivity index is 1.63. The SMILES string of the molecule is CCCSc1ccc(C(=O)C=C(C)CC2OCC(CO)C3OC(C)(C)OC23)cc1. The Hall–Kier alpha value is -1.18. The predicted octanol–water partition coefficient (Wildman–Crippen LogP) is 4.24. The van der Waals surface area contributed by atoms with Crippen molar-refractivity contribution >= 4 is 17.5 Å². The fourth-order valence-corrected chi connectivity index (χ4v) is 4.62. The number of benzene rings is 1. The molecule has 0 aliphatic carbocycles. The molecular weight excluding hydrogens is 388 g/mol. The van der Waals surface area contributed by atoms with Gasteiger partial charge in [-0.1, -0.05) is 12.5 Å². The number of rotatable bonds is 8. The van der Waals surface area contributed by atoms with Gasteiger partial charge in [-0.15, -0.1) is 11.8 Å². The molecule has 1 N–H and O–H groups in total. The summed E-state index contributed by atoms with van der Waals surface area (Å²) >= 11 is 1.80. The molecule has 0 saturated carbocycles. The number of carbonyl (C=O) groups excluding carboxylic acids is 1. The van der Waals surface area contributed by atoms with Gasteiger partial charge in [-0.25, -0.2) is 0 Å². The van der Waals surface area contributed by atoms with Crippen molar-refractivity contribution in [2.45, 2.75) is 69.5 Å². The van der Waals surface area contributed by atoms with Crippen molar-refractivity contribution in [3.05, 3.63) is 41.5 Å². The minimum atomic E-state index is -0.695. The number of carbonyl (C=O) groups is 1. The quantitative estimate of drug-likeness (QED) is 0.386. The molecule has 1 aromatic rings. The van der Waals surface area contributed by atoms with Crippen molar-refractivity contribution in [3.63, 3.8) is 0 Å². The molecule has 6 heteroatoms. The van der Waals surface area contributed by atoms with Crippen LogP contribution in [-0.2, 0) is 14.2 Å². The number of ketones is 1. The number of hydrogen-bond acceptors (Lipinski definition) is 6. The van der Waals surface area contributed by atoms with Crippen molar-refractivity contribution in [2.24, 2.45) is 5.92 Å². The monoisotopic (exact) mass is 420 g/mol. The Kier molecular flexibility index (Phi) is 7.57. The number of hydrogen-bond donors (Lipinski definition) is 1. The van der Waals surface area contributed by atoms with E-state index in [-0.39, 0.29) is 36.6 Å². The first-order valence-electron chi connectivity index (χ1n) is 10.4. The third kappa shape index (κ3) is 5.70. The number of aliphatic hydroxyl groups is 1. The number of aliphatic hydroxyl groups excluding tert-OH is 1. The topological polar surface area (TPSA) is 65.0 Å². The number of ether oxygens (including phenoxy) is 3. The highest BCUT2D eigenvalue weighted by Crippen LogP contribution is 2.39. The van der Waals surface area contributed by atoms with Gasteiger partial charge >= 0.3 is 0 Å². The van der Waals surface area contributed by atoms with Gasteiger partial charge in [0.15, 0.2) is 11.6 Å². The summed E-state index contributed by atoms with van der Waals surface area (Å²) in [7, 11) is 0. The Morgan fingerprint density at radius 1 is 1.24 bits per heavy atom. The summed E-state index contributed by atoms with van der Waals surface area (Å²) in [4.78, 5) is 13.8. The maximum Gasteiger partial charge on any atom is 0.185 e. The van der Waals surface area contributed by atoms with E-state index in [1.54, 1.807) is 17.8 Å². The van der Waals surface area contributed by atoms with E-state index in [1.807, 2.05) is 45.0 Å². The van der Waals surface area contributed by atoms with Crippen LogP contribution in [0.25, 0.3) is 0 Å². The van der Waals surface area contributed by atoms with Gasteiger partial charge in [0.2, 0.25) is 0 Å². The summed E-state index contributed by atoms with van der Waals surface area (Å²) in [5.41, 5.74) is 1.63. The molecule has 4 unspecified atom stereocenters. The number of allylic oxidation sites excluding steroid dienone is 1. The van der Waals surface area contributed by atoms with Crippen LogP contribution >= 0.6 is 11.8 Å². The lowest BCUT2D eigenvalue weighted by molar-refractivity contribution is -0.153. The van der Waals surface area contributed by atoms with Crippen molar-refractivity contribution in [1.29, 1.82) is 0 Å². The molecule has 0 amide bonds. The molecule has 0 bridgehead atoms. The molecule has 0 aromatic heterocycles. The first-order valence-corrected chi connectivity index (χ1v) is 11.3. The molecule has 3 rings (SSSR count). The van der Waals surface area contributed by atoms with E-state index >= 15 is 0 Å². The zero-order chi connectivity index (χ0) is 21.0. The smallest absolute Gasteiger partial charge is 0.185 e. The second-order valence-corrected chi connectivity index (χ2v) is 9.48. The molecule has 0 spiro atoms. The van der Waals surface area contributed by atoms with Crippen LogP contribution in [0.1, 0.15) is 50.9 Å². The molecule has 4 atom stereocenters. The van der Waals surface area contributed by atoms with Gasteiger partial charge in [-0.3, -0.25) is 4.79 Å². The Morgan fingerprint density at radius 2 is 1.93 bits per heavy atom. The van der Waals surface area contributed by atoms with E-state index in [1.165, 1.54) is 4.90 Å². The average molecular weight is 421 g/mol. The van der Waals surface area contributed by atoms with E-state index in [2.05, 4.69) is 6.92 Å². The van der Waals surface area contributed by atoms with Gasteiger partial charge in [0, 0.05) is 16.4 Å². The van der Waals surface area contributed by atoms with E-state index in [0.29, 0.717) is 18.6 Å². The summed E-state index contributed by atoms with van der Waals surface area (Å²) in [6.07, 6.45) is 2.78. The molecule has 5 nitrogen and oxygen atoms in total. The van der Waals surface area contributed by atoms with Crippen molar-refractivity contribution in [1.82, 2.24) is 0 Å². The summed E-state index contributed by atoms with van der Waals surface area (Å²) in [5.74, 6) is 0.294. The summed E-state index contributed by atoms with van der Waals surface area (Å²) in [6, 6.07) is 7.79. The Labute approximate surface area is 177 Å². The predicted molar refractivity (Wildman–Crippen MR) is 114 cm³/mol. The molecular formula is C23H32O5S. The molecule has 2 aliphatic heterocycles. The van der Waals surface area contributed by atoms with Gasteiger partial charge in [-0.05, 0) is 69.7 Å². The Morgan fingerprint density at radius 3 is 2.59 bits per heavy atom. The van der Waals surface area contributed by atoms with Crippen molar-refractivity contribution in [3.8, 4) is 0 Å². The maximum atomic E-state index is 12.6. The maximum absolute atomic E-state index is 12.6. The lowest BCUT2D eigenvalue weighted by Gasteiger charge is -2.36.